The van der Waals surface area contributed by atoms with Gasteiger partial charge >= 0.3 is 0 Å². The number of benzene rings is 1. The van der Waals surface area contributed by atoms with Crippen molar-refractivity contribution in [1.82, 2.24) is 10.3 Å². The Morgan fingerprint density at radius 3 is 2.85 bits per heavy atom. The smallest absolute Gasteiger partial charge is 0.0626 e. The monoisotopic (exact) mass is 268 g/mol. The molecule has 1 heterocycles. The molecule has 0 aliphatic heterocycles. The van der Waals surface area contributed by atoms with Crippen LogP contribution in [0.15, 0.2) is 48.7 Å². The van der Waals surface area contributed by atoms with E-state index in [0.717, 1.165) is 24.1 Å². The predicted octanol–water partition coefficient (Wildman–Crippen LogP) is 2.78. The number of rotatable bonds is 4. The second kappa shape index (κ2) is 6.16. The number of hydrogen-bond donors (Lipinski definition) is 2. The molecule has 0 bridgehead atoms. The van der Waals surface area contributed by atoms with Crippen molar-refractivity contribution in [2.24, 2.45) is 0 Å². The summed E-state index contributed by atoms with van der Waals surface area (Å²) < 4.78 is 0. The summed E-state index contributed by atoms with van der Waals surface area (Å²) in [5, 5.41) is 13.2. The van der Waals surface area contributed by atoms with Gasteiger partial charge in [-0.3, -0.25) is 10.3 Å². The number of aromatic nitrogens is 1. The molecule has 0 saturated carbocycles. The van der Waals surface area contributed by atoms with Crippen molar-refractivity contribution < 1.29 is 5.11 Å². The fraction of sp³-hybridized carbons (Fsp3) is 0.353. The Bertz CT molecular complexity index is 556. The summed E-state index contributed by atoms with van der Waals surface area (Å²) >= 11 is 0. The van der Waals surface area contributed by atoms with Crippen LogP contribution in [0.5, 0.6) is 0 Å². The van der Waals surface area contributed by atoms with Crippen LogP contribution in [0.1, 0.15) is 41.7 Å². The van der Waals surface area contributed by atoms with E-state index in [2.05, 4.69) is 28.5 Å². The topological polar surface area (TPSA) is 45.1 Å². The molecule has 0 spiro atoms. The minimum absolute atomic E-state index is 0.0332. The zero-order valence-corrected chi connectivity index (χ0v) is 11.5. The van der Waals surface area contributed by atoms with E-state index in [1.165, 1.54) is 12.0 Å². The molecule has 3 nitrogen and oxygen atoms in total. The number of fused-ring (bicyclic) bond motifs is 1. The minimum Gasteiger partial charge on any atom is -0.394 e. The SMILES string of the molecule is OC[C@@H](NC1CCCc2cccnc21)c1ccccc1. The molecule has 2 aromatic rings. The summed E-state index contributed by atoms with van der Waals surface area (Å²) in [4.78, 5) is 4.54. The summed E-state index contributed by atoms with van der Waals surface area (Å²) in [5.41, 5.74) is 3.60. The van der Waals surface area contributed by atoms with Crippen LogP contribution in [0, 0.1) is 0 Å². The van der Waals surface area contributed by atoms with E-state index in [1.807, 2.05) is 30.5 Å². The van der Waals surface area contributed by atoms with Crippen molar-refractivity contribution >= 4 is 0 Å². The van der Waals surface area contributed by atoms with Crippen molar-refractivity contribution in [3.63, 3.8) is 0 Å². The number of aliphatic hydroxyl groups excluding tert-OH is 1. The lowest BCUT2D eigenvalue weighted by atomic mass is 9.91. The number of pyridine rings is 1. The molecular formula is C17H20N2O. The van der Waals surface area contributed by atoms with Gasteiger partial charge in [0.25, 0.3) is 0 Å². The Hall–Kier alpha value is -1.71. The Morgan fingerprint density at radius 1 is 1.20 bits per heavy atom. The largest absolute Gasteiger partial charge is 0.394 e. The summed E-state index contributed by atoms with van der Waals surface area (Å²) in [7, 11) is 0. The van der Waals surface area contributed by atoms with Gasteiger partial charge < -0.3 is 5.11 Å². The van der Waals surface area contributed by atoms with Gasteiger partial charge in [-0.05, 0) is 36.5 Å². The summed E-state index contributed by atoms with van der Waals surface area (Å²) in [6.45, 7) is 0.0999. The minimum atomic E-state index is -0.0332. The molecule has 104 valence electrons. The Labute approximate surface area is 119 Å². The number of nitrogens with one attached hydrogen (secondary N) is 1. The summed E-state index contributed by atoms with van der Waals surface area (Å²) in [6.07, 6.45) is 5.21. The normalized spacial score (nSPS) is 19.4. The Kier molecular flexibility index (Phi) is 4.09. The van der Waals surface area contributed by atoms with Crippen LogP contribution in [0.25, 0.3) is 0 Å². The molecule has 1 unspecified atom stereocenters. The molecule has 1 aromatic heterocycles. The van der Waals surface area contributed by atoms with E-state index < -0.39 is 0 Å². The van der Waals surface area contributed by atoms with Gasteiger partial charge in [-0.25, -0.2) is 0 Å². The van der Waals surface area contributed by atoms with Gasteiger partial charge in [-0.1, -0.05) is 36.4 Å². The first-order valence-corrected chi connectivity index (χ1v) is 7.24. The maximum absolute atomic E-state index is 9.68. The summed E-state index contributed by atoms with van der Waals surface area (Å²) in [5.74, 6) is 0. The highest BCUT2D eigenvalue weighted by Gasteiger charge is 2.24. The van der Waals surface area contributed by atoms with E-state index in [9.17, 15) is 5.11 Å². The Morgan fingerprint density at radius 2 is 2.05 bits per heavy atom. The third-order valence-corrected chi connectivity index (χ3v) is 3.98. The van der Waals surface area contributed by atoms with Crippen LogP contribution in [-0.4, -0.2) is 16.7 Å². The molecule has 0 amide bonds. The summed E-state index contributed by atoms with van der Waals surface area (Å²) in [6, 6.07) is 14.5. The van der Waals surface area contributed by atoms with Crippen molar-refractivity contribution in [2.75, 3.05) is 6.61 Å². The second-order valence-corrected chi connectivity index (χ2v) is 5.31. The van der Waals surface area contributed by atoms with Crippen molar-refractivity contribution in [3.8, 4) is 0 Å². The van der Waals surface area contributed by atoms with Gasteiger partial charge in [0.05, 0.1) is 24.4 Å². The number of aryl methyl sites for hydroxylation is 1. The number of aliphatic hydroxyl groups is 1. The molecule has 20 heavy (non-hydrogen) atoms. The van der Waals surface area contributed by atoms with Crippen LogP contribution in [-0.2, 0) is 6.42 Å². The lowest BCUT2D eigenvalue weighted by Crippen LogP contribution is -2.31. The molecule has 1 aliphatic rings. The third kappa shape index (κ3) is 2.74. The molecular weight excluding hydrogens is 248 g/mol. The maximum Gasteiger partial charge on any atom is 0.0626 e. The van der Waals surface area contributed by atoms with E-state index in [0.29, 0.717) is 0 Å². The van der Waals surface area contributed by atoms with Gasteiger partial charge in [0, 0.05) is 6.20 Å². The van der Waals surface area contributed by atoms with E-state index in [-0.39, 0.29) is 18.7 Å². The molecule has 3 heteroatoms. The maximum atomic E-state index is 9.68. The number of hydrogen-bond acceptors (Lipinski definition) is 3. The molecule has 3 rings (SSSR count). The van der Waals surface area contributed by atoms with Gasteiger partial charge in [-0.2, -0.15) is 0 Å². The lowest BCUT2D eigenvalue weighted by Gasteiger charge is -2.29. The van der Waals surface area contributed by atoms with Crippen LogP contribution >= 0.6 is 0 Å². The molecule has 0 fully saturated rings. The van der Waals surface area contributed by atoms with Crippen LogP contribution in [0.4, 0.5) is 0 Å². The quantitative estimate of drug-likeness (QED) is 0.896. The third-order valence-electron chi connectivity index (χ3n) is 3.98. The molecule has 1 aliphatic carbocycles. The van der Waals surface area contributed by atoms with E-state index in [4.69, 9.17) is 0 Å². The van der Waals surface area contributed by atoms with Crippen molar-refractivity contribution in [1.29, 1.82) is 0 Å². The van der Waals surface area contributed by atoms with E-state index >= 15 is 0 Å². The van der Waals surface area contributed by atoms with Crippen LogP contribution in [0.2, 0.25) is 0 Å². The van der Waals surface area contributed by atoms with Gasteiger partial charge in [0.2, 0.25) is 0 Å². The zero-order valence-electron chi connectivity index (χ0n) is 11.5. The molecule has 1 aromatic carbocycles. The molecule has 0 radical (unpaired) electrons. The molecule has 2 atom stereocenters. The average molecular weight is 268 g/mol. The van der Waals surface area contributed by atoms with Gasteiger partial charge in [0.15, 0.2) is 0 Å². The number of nitrogens with zero attached hydrogens (tertiary/aromatic N) is 1. The van der Waals surface area contributed by atoms with Crippen LogP contribution in [0.3, 0.4) is 0 Å². The highest BCUT2D eigenvalue weighted by atomic mass is 16.3. The van der Waals surface area contributed by atoms with Crippen LogP contribution < -0.4 is 5.32 Å². The first-order valence-electron chi connectivity index (χ1n) is 7.24. The van der Waals surface area contributed by atoms with Gasteiger partial charge in [0.1, 0.15) is 0 Å². The van der Waals surface area contributed by atoms with Crippen molar-refractivity contribution in [3.05, 3.63) is 65.5 Å². The zero-order chi connectivity index (χ0) is 13.8. The fourth-order valence-corrected chi connectivity index (χ4v) is 2.95. The highest BCUT2D eigenvalue weighted by Crippen LogP contribution is 2.30. The van der Waals surface area contributed by atoms with Crippen molar-refractivity contribution in [2.45, 2.75) is 31.3 Å². The first-order chi connectivity index (χ1) is 9.88. The second-order valence-electron chi connectivity index (χ2n) is 5.31. The standard InChI is InChI=1S/C17H20N2O/c20-12-16(13-6-2-1-3-7-13)19-15-10-4-8-14-9-5-11-18-17(14)15/h1-3,5-7,9,11,15-16,19-20H,4,8,10,12H2/t15?,16-/m1/s1. The fourth-order valence-electron chi connectivity index (χ4n) is 2.95. The van der Waals surface area contributed by atoms with Gasteiger partial charge in [-0.15, -0.1) is 0 Å². The predicted molar refractivity (Wildman–Crippen MR) is 79.3 cm³/mol. The first kappa shape index (κ1) is 13.3. The van der Waals surface area contributed by atoms with E-state index in [1.54, 1.807) is 0 Å². The molecule has 0 saturated heterocycles. The lowest BCUT2D eigenvalue weighted by molar-refractivity contribution is 0.227. The average Bonchev–Trinajstić information content (AvgIpc) is 2.53. The Balaban J connectivity index is 1.81. The molecule has 2 N–H and O–H groups in total. The highest BCUT2D eigenvalue weighted by molar-refractivity contribution is 5.26.